The number of likely N-dealkylation sites (tertiary alicyclic amines) is 1. The molecule has 1 aliphatic carbocycles. The molecule has 0 radical (unpaired) electrons. The summed E-state index contributed by atoms with van der Waals surface area (Å²) in [7, 11) is 0. The van der Waals surface area contributed by atoms with Gasteiger partial charge < -0.3 is 10.0 Å². The van der Waals surface area contributed by atoms with E-state index in [1.165, 1.54) is 10.4 Å². The quantitative estimate of drug-likeness (QED) is 0.923. The summed E-state index contributed by atoms with van der Waals surface area (Å²) in [5.74, 6) is 0.884. The van der Waals surface area contributed by atoms with Gasteiger partial charge in [0.25, 0.3) is 0 Å². The van der Waals surface area contributed by atoms with Crippen molar-refractivity contribution in [3.63, 3.8) is 0 Å². The highest BCUT2D eigenvalue weighted by molar-refractivity contribution is 7.10. The van der Waals surface area contributed by atoms with E-state index < -0.39 is 0 Å². The van der Waals surface area contributed by atoms with Crippen LogP contribution in [0.4, 0.5) is 0 Å². The molecule has 4 heteroatoms. The van der Waals surface area contributed by atoms with E-state index in [0.717, 1.165) is 32.2 Å². The van der Waals surface area contributed by atoms with Crippen molar-refractivity contribution in [2.45, 2.75) is 44.6 Å². The van der Waals surface area contributed by atoms with E-state index in [0.29, 0.717) is 5.92 Å². The fourth-order valence-electron chi connectivity index (χ4n) is 3.22. The molecule has 3 atom stereocenters. The fourth-order valence-corrected chi connectivity index (χ4v) is 4.32. The maximum absolute atomic E-state index is 12.6. The zero-order chi connectivity index (χ0) is 13.4. The molecular formula is C15H21NO2S. The van der Waals surface area contributed by atoms with E-state index in [1.807, 2.05) is 4.90 Å². The Morgan fingerprint density at radius 2 is 2.37 bits per heavy atom. The molecule has 2 fully saturated rings. The predicted octanol–water partition coefficient (Wildman–Crippen LogP) is 2.53. The maximum Gasteiger partial charge on any atom is 0.226 e. The molecule has 0 spiro atoms. The molecule has 1 aromatic heterocycles. The van der Waals surface area contributed by atoms with Gasteiger partial charge in [0.15, 0.2) is 0 Å². The van der Waals surface area contributed by atoms with E-state index >= 15 is 0 Å². The van der Waals surface area contributed by atoms with Gasteiger partial charge in [-0.3, -0.25) is 4.79 Å². The van der Waals surface area contributed by atoms with E-state index in [2.05, 4.69) is 18.4 Å². The third-order valence-corrected chi connectivity index (χ3v) is 5.62. The van der Waals surface area contributed by atoms with Crippen molar-refractivity contribution >= 4 is 17.2 Å². The Hall–Kier alpha value is -0.870. The van der Waals surface area contributed by atoms with Gasteiger partial charge in [-0.1, -0.05) is 0 Å². The van der Waals surface area contributed by atoms with Crippen LogP contribution in [0.3, 0.4) is 0 Å². The molecule has 3 nitrogen and oxygen atoms in total. The SMILES string of the molecule is Cc1ccsc1[C@@H]1C[C@@H]1C(=O)N1CCCC[C@H]1CO. The molecule has 1 amide bonds. The molecule has 2 aliphatic rings. The number of thiophene rings is 1. The lowest BCUT2D eigenvalue weighted by molar-refractivity contribution is -0.137. The third kappa shape index (κ3) is 2.43. The van der Waals surface area contributed by atoms with Gasteiger partial charge in [0.1, 0.15) is 0 Å². The number of hydrogen-bond acceptors (Lipinski definition) is 3. The first-order valence-electron chi connectivity index (χ1n) is 7.17. The van der Waals surface area contributed by atoms with Gasteiger partial charge in [-0.05, 0) is 49.6 Å². The number of amides is 1. The highest BCUT2D eigenvalue weighted by atomic mass is 32.1. The second-order valence-corrected chi connectivity index (χ2v) is 6.73. The summed E-state index contributed by atoms with van der Waals surface area (Å²) in [4.78, 5) is 15.9. The molecule has 2 heterocycles. The molecule has 1 aliphatic heterocycles. The van der Waals surface area contributed by atoms with E-state index in [1.54, 1.807) is 11.3 Å². The maximum atomic E-state index is 12.6. The number of aliphatic hydroxyl groups excluding tert-OH is 1. The lowest BCUT2D eigenvalue weighted by Crippen LogP contribution is -2.46. The standard InChI is InChI=1S/C15H21NO2S/c1-10-5-7-19-14(10)12-8-13(12)15(18)16-6-3-2-4-11(16)9-17/h5,7,11-13,17H,2-4,6,8-9H2,1H3/t11-,12+,13-/m0/s1. The summed E-state index contributed by atoms with van der Waals surface area (Å²) in [6.07, 6.45) is 4.16. The molecule has 0 unspecified atom stereocenters. The average Bonchev–Trinajstić information content (AvgIpc) is 3.12. The second-order valence-electron chi connectivity index (χ2n) is 5.78. The van der Waals surface area contributed by atoms with Crippen LogP contribution in [-0.2, 0) is 4.79 Å². The number of hydrogen-bond donors (Lipinski definition) is 1. The summed E-state index contributed by atoms with van der Waals surface area (Å²) in [6, 6.07) is 2.20. The van der Waals surface area contributed by atoms with Crippen LogP contribution in [0.1, 0.15) is 42.0 Å². The van der Waals surface area contributed by atoms with Crippen molar-refractivity contribution < 1.29 is 9.90 Å². The Bertz CT molecular complexity index is 470. The van der Waals surface area contributed by atoms with Crippen LogP contribution in [0.15, 0.2) is 11.4 Å². The van der Waals surface area contributed by atoms with Gasteiger partial charge in [-0.2, -0.15) is 0 Å². The minimum Gasteiger partial charge on any atom is -0.394 e. The molecule has 1 saturated heterocycles. The van der Waals surface area contributed by atoms with Crippen LogP contribution in [0.25, 0.3) is 0 Å². The zero-order valence-corrected chi connectivity index (χ0v) is 12.2. The van der Waals surface area contributed by atoms with Crippen molar-refractivity contribution in [2.24, 2.45) is 5.92 Å². The largest absolute Gasteiger partial charge is 0.394 e. The van der Waals surface area contributed by atoms with Gasteiger partial charge in [-0.25, -0.2) is 0 Å². The Balaban J connectivity index is 1.67. The van der Waals surface area contributed by atoms with Crippen LogP contribution in [0, 0.1) is 12.8 Å². The normalized spacial score (nSPS) is 30.4. The van der Waals surface area contributed by atoms with Crippen LogP contribution >= 0.6 is 11.3 Å². The minimum absolute atomic E-state index is 0.0620. The van der Waals surface area contributed by atoms with Crippen molar-refractivity contribution in [3.8, 4) is 0 Å². The topological polar surface area (TPSA) is 40.5 Å². The first kappa shape index (κ1) is 13.1. The van der Waals surface area contributed by atoms with Crippen molar-refractivity contribution in [2.75, 3.05) is 13.2 Å². The lowest BCUT2D eigenvalue weighted by atomic mass is 10.0. The molecule has 1 N–H and O–H groups in total. The monoisotopic (exact) mass is 279 g/mol. The predicted molar refractivity (Wildman–Crippen MR) is 76.3 cm³/mol. The first-order chi connectivity index (χ1) is 9.22. The molecule has 0 aromatic carbocycles. The number of carbonyl (C=O) groups is 1. The van der Waals surface area contributed by atoms with Crippen LogP contribution in [0.5, 0.6) is 0 Å². The summed E-state index contributed by atoms with van der Waals surface area (Å²) >= 11 is 1.77. The third-order valence-electron chi connectivity index (χ3n) is 4.47. The number of nitrogens with zero attached hydrogens (tertiary/aromatic N) is 1. The Morgan fingerprint density at radius 1 is 1.53 bits per heavy atom. The number of carbonyl (C=O) groups excluding carboxylic acids is 1. The van der Waals surface area contributed by atoms with Gasteiger partial charge in [-0.15, -0.1) is 11.3 Å². The summed E-state index contributed by atoms with van der Waals surface area (Å²) in [5.41, 5.74) is 1.32. The Morgan fingerprint density at radius 3 is 3.05 bits per heavy atom. The van der Waals surface area contributed by atoms with Crippen LogP contribution < -0.4 is 0 Å². The van der Waals surface area contributed by atoms with Gasteiger partial charge >= 0.3 is 0 Å². The van der Waals surface area contributed by atoms with E-state index in [4.69, 9.17) is 0 Å². The summed E-state index contributed by atoms with van der Waals surface area (Å²) in [5, 5.41) is 11.5. The highest BCUT2D eigenvalue weighted by Crippen LogP contribution is 2.51. The first-order valence-corrected chi connectivity index (χ1v) is 8.05. The molecule has 1 saturated carbocycles. The lowest BCUT2D eigenvalue weighted by Gasteiger charge is -2.35. The average molecular weight is 279 g/mol. The summed E-state index contributed by atoms with van der Waals surface area (Å²) < 4.78 is 0. The second kappa shape index (κ2) is 5.25. The van der Waals surface area contributed by atoms with Crippen molar-refractivity contribution in [1.29, 1.82) is 0 Å². The Kier molecular flexibility index (Phi) is 3.63. The van der Waals surface area contributed by atoms with E-state index in [-0.39, 0.29) is 24.5 Å². The number of rotatable bonds is 3. The fraction of sp³-hybridized carbons (Fsp3) is 0.667. The van der Waals surface area contributed by atoms with Gasteiger partial charge in [0, 0.05) is 23.3 Å². The van der Waals surface area contributed by atoms with Crippen LogP contribution in [0.2, 0.25) is 0 Å². The van der Waals surface area contributed by atoms with Crippen LogP contribution in [-0.4, -0.2) is 35.1 Å². The highest BCUT2D eigenvalue weighted by Gasteiger charge is 2.48. The van der Waals surface area contributed by atoms with Crippen molar-refractivity contribution in [3.05, 3.63) is 21.9 Å². The number of aliphatic hydroxyl groups is 1. The smallest absolute Gasteiger partial charge is 0.226 e. The van der Waals surface area contributed by atoms with Gasteiger partial charge in [0.2, 0.25) is 5.91 Å². The van der Waals surface area contributed by atoms with E-state index in [9.17, 15) is 9.90 Å². The number of piperidine rings is 1. The van der Waals surface area contributed by atoms with Crippen molar-refractivity contribution in [1.82, 2.24) is 4.90 Å². The zero-order valence-electron chi connectivity index (χ0n) is 11.3. The molecule has 0 bridgehead atoms. The summed E-state index contributed by atoms with van der Waals surface area (Å²) in [6.45, 7) is 3.07. The minimum atomic E-state index is 0.0620. The number of aryl methyl sites for hydroxylation is 1. The molecule has 1 aromatic rings. The molecular weight excluding hydrogens is 258 g/mol. The Labute approximate surface area is 118 Å². The molecule has 3 rings (SSSR count). The molecule has 19 heavy (non-hydrogen) atoms. The van der Waals surface area contributed by atoms with Gasteiger partial charge in [0.05, 0.1) is 12.6 Å². The molecule has 104 valence electrons.